The Morgan fingerprint density at radius 2 is 1.76 bits per heavy atom. The molecule has 0 aliphatic rings. The number of nitro benzene ring substituents is 1. The van der Waals surface area contributed by atoms with Gasteiger partial charge in [0.15, 0.2) is 0 Å². The fourth-order valence-corrected chi connectivity index (χ4v) is 1.99. The highest BCUT2D eigenvalue weighted by Gasteiger charge is 2.13. The van der Waals surface area contributed by atoms with Crippen LogP contribution >= 0.6 is 0 Å². The van der Waals surface area contributed by atoms with Gasteiger partial charge in [0, 0.05) is 12.1 Å². The SMILES string of the molecule is Cc1ccccc1/C(=C\c1ccc([N+](=O)[O-])cc1)C(=O)O. The van der Waals surface area contributed by atoms with Gasteiger partial charge >= 0.3 is 5.97 Å². The molecule has 0 saturated heterocycles. The third-order valence-electron chi connectivity index (χ3n) is 3.08. The van der Waals surface area contributed by atoms with Gasteiger partial charge in [-0.25, -0.2) is 4.79 Å². The number of rotatable bonds is 4. The molecule has 0 saturated carbocycles. The van der Waals surface area contributed by atoms with Crippen LogP contribution in [0.2, 0.25) is 0 Å². The Balaban J connectivity index is 2.45. The van der Waals surface area contributed by atoms with E-state index in [0.29, 0.717) is 11.1 Å². The summed E-state index contributed by atoms with van der Waals surface area (Å²) in [6.07, 6.45) is 1.51. The minimum atomic E-state index is -1.04. The largest absolute Gasteiger partial charge is 0.478 e. The maximum absolute atomic E-state index is 11.5. The molecule has 5 nitrogen and oxygen atoms in total. The van der Waals surface area contributed by atoms with Gasteiger partial charge in [0.05, 0.1) is 10.5 Å². The van der Waals surface area contributed by atoms with Crippen LogP contribution in [0.15, 0.2) is 48.5 Å². The van der Waals surface area contributed by atoms with E-state index in [1.54, 1.807) is 12.1 Å². The van der Waals surface area contributed by atoms with Crippen LogP contribution in [-0.4, -0.2) is 16.0 Å². The Morgan fingerprint density at radius 1 is 1.14 bits per heavy atom. The highest BCUT2D eigenvalue weighted by Crippen LogP contribution is 2.23. The molecule has 0 radical (unpaired) electrons. The first-order valence-corrected chi connectivity index (χ1v) is 6.24. The van der Waals surface area contributed by atoms with Crippen LogP contribution in [-0.2, 0) is 4.79 Å². The number of carboxylic acids is 1. The van der Waals surface area contributed by atoms with Gasteiger partial charge in [-0.3, -0.25) is 10.1 Å². The molecule has 21 heavy (non-hydrogen) atoms. The van der Waals surface area contributed by atoms with Gasteiger partial charge in [0.1, 0.15) is 0 Å². The average molecular weight is 283 g/mol. The molecule has 0 spiro atoms. The van der Waals surface area contributed by atoms with Crippen molar-refractivity contribution in [1.29, 1.82) is 0 Å². The molecule has 0 unspecified atom stereocenters. The summed E-state index contributed by atoms with van der Waals surface area (Å²) in [6.45, 7) is 1.84. The van der Waals surface area contributed by atoms with Crippen LogP contribution in [0.25, 0.3) is 11.6 Å². The first-order valence-electron chi connectivity index (χ1n) is 6.24. The zero-order valence-electron chi connectivity index (χ0n) is 11.3. The van der Waals surface area contributed by atoms with Gasteiger partial charge in [-0.2, -0.15) is 0 Å². The normalized spacial score (nSPS) is 11.2. The topological polar surface area (TPSA) is 80.4 Å². The maximum Gasteiger partial charge on any atom is 0.336 e. The van der Waals surface area contributed by atoms with Crippen LogP contribution in [0.4, 0.5) is 5.69 Å². The standard InChI is InChI=1S/C16H13NO4/c1-11-4-2-3-5-14(11)15(16(18)19)10-12-6-8-13(9-7-12)17(20)21/h2-10H,1H3,(H,18,19)/b15-10+. The van der Waals surface area contributed by atoms with E-state index >= 15 is 0 Å². The number of carbonyl (C=O) groups is 1. The van der Waals surface area contributed by atoms with Gasteiger partial charge in [-0.1, -0.05) is 24.3 Å². The van der Waals surface area contributed by atoms with Crippen molar-refractivity contribution in [3.63, 3.8) is 0 Å². The monoisotopic (exact) mass is 283 g/mol. The number of nitrogens with zero attached hydrogens (tertiary/aromatic N) is 1. The number of benzene rings is 2. The number of carboxylic acid groups (broad SMARTS) is 1. The van der Waals surface area contributed by atoms with Crippen LogP contribution in [0.1, 0.15) is 16.7 Å². The third-order valence-corrected chi connectivity index (χ3v) is 3.08. The van der Waals surface area contributed by atoms with Crippen LogP contribution < -0.4 is 0 Å². The van der Waals surface area contributed by atoms with Crippen LogP contribution in [0.5, 0.6) is 0 Å². The molecule has 0 atom stereocenters. The molecule has 0 aliphatic carbocycles. The quantitative estimate of drug-likeness (QED) is 0.403. The summed E-state index contributed by atoms with van der Waals surface area (Å²) in [5.74, 6) is -1.04. The zero-order valence-corrected chi connectivity index (χ0v) is 11.3. The summed E-state index contributed by atoms with van der Waals surface area (Å²) < 4.78 is 0. The Labute approximate surface area is 121 Å². The number of nitro groups is 1. The van der Waals surface area contributed by atoms with E-state index in [0.717, 1.165) is 5.56 Å². The fourth-order valence-electron chi connectivity index (χ4n) is 1.99. The Hall–Kier alpha value is -2.95. The molecular formula is C16H13NO4. The lowest BCUT2D eigenvalue weighted by Crippen LogP contribution is -2.01. The molecule has 2 rings (SSSR count). The van der Waals surface area contributed by atoms with E-state index in [1.807, 2.05) is 19.1 Å². The number of aliphatic carboxylic acids is 1. The van der Waals surface area contributed by atoms with Crippen molar-refractivity contribution in [2.75, 3.05) is 0 Å². The number of aryl methyl sites for hydroxylation is 1. The van der Waals surface area contributed by atoms with Crippen molar-refractivity contribution >= 4 is 23.3 Å². The van der Waals surface area contributed by atoms with Gasteiger partial charge in [0.25, 0.3) is 5.69 Å². The van der Waals surface area contributed by atoms with E-state index in [4.69, 9.17) is 0 Å². The highest BCUT2D eigenvalue weighted by atomic mass is 16.6. The predicted octanol–water partition coefficient (Wildman–Crippen LogP) is 3.53. The van der Waals surface area contributed by atoms with Crippen molar-refractivity contribution < 1.29 is 14.8 Å². The first-order chi connectivity index (χ1) is 9.99. The van der Waals surface area contributed by atoms with E-state index < -0.39 is 10.9 Å². The van der Waals surface area contributed by atoms with E-state index in [9.17, 15) is 20.0 Å². The second-order valence-corrected chi connectivity index (χ2v) is 4.53. The lowest BCUT2D eigenvalue weighted by atomic mass is 9.98. The maximum atomic E-state index is 11.5. The van der Waals surface area contributed by atoms with E-state index in [1.165, 1.54) is 30.3 Å². The Morgan fingerprint density at radius 3 is 2.29 bits per heavy atom. The van der Waals surface area contributed by atoms with Crippen molar-refractivity contribution in [2.45, 2.75) is 6.92 Å². The van der Waals surface area contributed by atoms with Crippen LogP contribution in [0, 0.1) is 17.0 Å². The summed E-state index contributed by atoms with van der Waals surface area (Å²) in [4.78, 5) is 21.6. The summed E-state index contributed by atoms with van der Waals surface area (Å²) in [6, 6.07) is 12.9. The molecule has 0 fully saturated rings. The molecule has 1 N–H and O–H groups in total. The molecule has 2 aromatic rings. The van der Waals surface area contributed by atoms with E-state index in [2.05, 4.69) is 0 Å². The summed E-state index contributed by atoms with van der Waals surface area (Å²) >= 11 is 0. The number of hydrogen-bond donors (Lipinski definition) is 1. The second-order valence-electron chi connectivity index (χ2n) is 4.53. The molecule has 5 heteroatoms. The highest BCUT2D eigenvalue weighted by molar-refractivity contribution is 6.21. The van der Waals surface area contributed by atoms with Crippen molar-refractivity contribution in [1.82, 2.24) is 0 Å². The van der Waals surface area contributed by atoms with Gasteiger partial charge in [-0.05, 0) is 41.8 Å². The fraction of sp³-hybridized carbons (Fsp3) is 0.0625. The summed E-state index contributed by atoms with van der Waals surface area (Å²) in [5, 5.41) is 20.0. The molecule has 0 amide bonds. The summed E-state index contributed by atoms with van der Waals surface area (Å²) in [5.41, 5.74) is 2.21. The van der Waals surface area contributed by atoms with Gasteiger partial charge in [-0.15, -0.1) is 0 Å². The lowest BCUT2D eigenvalue weighted by molar-refractivity contribution is -0.384. The molecular weight excluding hydrogens is 270 g/mol. The second kappa shape index (κ2) is 6.00. The first kappa shape index (κ1) is 14.5. The molecule has 0 heterocycles. The van der Waals surface area contributed by atoms with E-state index in [-0.39, 0.29) is 11.3 Å². The van der Waals surface area contributed by atoms with Gasteiger partial charge in [0.2, 0.25) is 0 Å². The minimum Gasteiger partial charge on any atom is -0.478 e. The van der Waals surface area contributed by atoms with Crippen LogP contribution in [0.3, 0.4) is 0 Å². The Kier molecular flexibility index (Phi) is 4.13. The minimum absolute atomic E-state index is 0.0279. The molecule has 0 bridgehead atoms. The molecule has 0 aliphatic heterocycles. The summed E-state index contributed by atoms with van der Waals surface area (Å²) in [7, 11) is 0. The molecule has 2 aromatic carbocycles. The smallest absolute Gasteiger partial charge is 0.336 e. The lowest BCUT2D eigenvalue weighted by Gasteiger charge is -2.06. The number of non-ortho nitro benzene ring substituents is 1. The van der Waals surface area contributed by atoms with Crippen molar-refractivity contribution in [3.05, 3.63) is 75.3 Å². The molecule has 0 aromatic heterocycles. The number of hydrogen-bond acceptors (Lipinski definition) is 3. The molecule has 106 valence electrons. The van der Waals surface area contributed by atoms with Crippen molar-refractivity contribution in [3.8, 4) is 0 Å². The average Bonchev–Trinajstić information content (AvgIpc) is 2.46. The Bertz CT molecular complexity index is 717. The zero-order chi connectivity index (χ0) is 15.4. The van der Waals surface area contributed by atoms with Crippen molar-refractivity contribution in [2.24, 2.45) is 0 Å². The predicted molar refractivity (Wildman–Crippen MR) is 79.8 cm³/mol. The third kappa shape index (κ3) is 3.33. The van der Waals surface area contributed by atoms with Gasteiger partial charge < -0.3 is 5.11 Å².